The molecule has 0 amide bonds. The standard InChI is InChI=1S/C5H6N6S2/c6-4-9-10-5(13-4)12-2-3-1-7-11-8-3/h1H,2H2,(H2,6,9)(H,7,8,11). The Morgan fingerprint density at radius 2 is 2.46 bits per heavy atom. The van der Waals surface area contributed by atoms with E-state index in [0.717, 1.165) is 15.8 Å². The quantitative estimate of drug-likeness (QED) is 0.724. The van der Waals surface area contributed by atoms with Crippen LogP contribution in [0.2, 0.25) is 0 Å². The van der Waals surface area contributed by atoms with Crippen molar-refractivity contribution in [2.45, 2.75) is 10.1 Å². The number of nitrogens with two attached hydrogens (primary N) is 1. The van der Waals surface area contributed by atoms with E-state index in [0.29, 0.717) is 5.13 Å². The van der Waals surface area contributed by atoms with Crippen molar-refractivity contribution in [3.05, 3.63) is 11.9 Å². The van der Waals surface area contributed by atoms with Crippen LogP contribution in [0.25, 0.3) is 0 Å². The van der Waals surface area contributed by atoms with E-state index >= 15 is 0 Å². The van der Waals surface area contributed by atoms with Gasteiger partial charge in [0.25, 0.3) is 0 Å². The molecule has 6 nitrogen and oxygen atoms in total. The monoisotopic (exact) mass is 214 g/mol. The Bertz CT molecular complexity index is 368. The maximum absolute atomic E-state index is 5.42. The average molecular weight is 214 g/mol. The van der Waals surface area contributed by atoms with Crippen LogP contribution in [0, 0.1) is 0 Å². The molecule has 0 radical (unpaired) electrons. The largest absolute Gasteiger partial charge is 0.374 e. The molecule has 0 aromatic carbocycles. The van der Waals surface area contributed by atoms with Crippen molar-refractivity contribution in [3.8, 4) is 0 Å². The first-order valence-corrected chi connectivity index (χ1v) is 5.21. The molecule has 2 heterocycles. The summed E-state index contributed by atoms with van der Waals surface area (Å²) in [5.74, 6) is 0.727. The topological polar surface area (TPSA) is 93.4 Å². The van der Waals surface area contributed by atoms with E-state index < -0.39 is 0 Å². The highest BCUT2D eigenvalue weighted by molar-refractivity contribution is 8.00. The minimum Gasteiger partial charge on any atom is -0.374 e. The lowest BCUT2D eigenvalue weighted by Gasteiger charge is -1.89. The summed E-state index contributed by atoms with van der Waals surface area (Å²) >= 11 is 2.91. The first-order chi connectivity index (χ1) is 6.34. The Labute approximate surface area is 81.9 Å². The molecule has 2 rings (SSSR count). The molecule has 13 heavy (non-hydrogen) atoms. The lowest BCUT2D eigenvalue weighted by Crippen LogP contribution is -1.80. The predicted octanol–water partition coefficient (Wildman–Crippen LogP) is 0.531. The van der Waals surface area contributed by atoms with Gasteiger partial charge in [0.05, 0.1) is 11.9 Å². The maximum Gasteiger partial charge on any atom is 0.203 e. The van der Waals surface area contributed by atoms with Gasteiger partial charge in [-0.15, -0.1) is 10.2 Å². The fraction of sp³-hybridized carbons (Fsp3) is 0.200. The Morgan fingerprint density at radius 3 is 3.08 bits per heavy atom. The second-order valence-electron chi connectivity index (χ2n) is 2.16. The average Bonchev–Trinajstić information content (AvgIpc) is 2.71. The summed E-state index contributed by atoms with van der Waals surface area (Å²) in [6.45, 7) is 0. The number of nitrogens with one attached hydrogen (secondary N) is 1. The van der Waals surface area contributed by atoms with E-state index in [4.69, 9.17) is 5.73 Å². The minimum absolute atomic E-state index is 0.489. The molecule has 0 saturated heterocycles. The molecule has 0 aliphatic rings. The van der Waals surface area contributed by atoms with Crippen LogP contribution in [-0.4, -0.2) is 25.6 Å². The van der Waals surface area contributed by atoms with E-state index in [1.807, 2.05) is 0 Å². The third kappa shape index (κ3) is 2.16. The molecular weight excluding hydrogens is 208 g/mol. The number of anilines is 1. The molecule has 8 heteroatoms. The number of nitrogens with zero attached hydrogens (tertiary/aromatic N) is 4. The molecule has 0 aliphatic heterocycles. The zero-order valence-electron chi connectivity index (χ0n) is 6.47. The predicted molar refractivity (Wildman–Crippen MR) is 50.3 cm³/mol. The van der Waals surface area contributed by atoms with Gasteiger partial charge in [-0.1, -0.05) is 23.1 Å². The van der Waals surface area contributed by atoms with E-state index in [1.165, 1.54) is 11.3 Å². The molecule has 0 unspecified atom stereocenters. The summed E-state index contributed by atoms with van der Waals surface area (Å²) in [5.41, 5.74) is 6.31. The fourth-order valence-electron chi connectivity index (χ4n) is 0.709. The van der Waals surface area contributed by atoms with Gasteiger partial charge in [-0.3, -0.25) is 0 Å². The molecule has 2 aromatic rings. The SMILES string of the molecule is Nc1nnc(SCc2cn[nH]n2)s1. The molecule has 0 spiro atoms. The summed E-state index contributed by atoms with van der Waals surface area (Å²) in [6.07, 6.45) is 1.68. The lowest BCUT2D eigenvalue weighted by atomic mass is 10.6. The van der Waals surface area contributed by atoms with Crippen LogP contribution in [0.3, 0.4) is 0 Å². The Hall–Kier alpha value is -1.15. The number of rotatable bonds is 3. The summed E-state index contributed by atoms with van der Waals surface area (Å²) in [5, 5.41) is 18.2. The number of hydrogen-bond donors (Lipinski definition) is 2. The van der Waals surface area contributed by atoms with E-state index in [2.05, 4.69) is 25.6 Å². The first kappa shape index (κ1) is 8.45. The van der Waals surface area contributed by atoms with Crippen LogP contribution in [0.1, 0.15) is 5.69 Å². The molecule has 0 aliphatic carbocycles. The molecule has 68 valence electrons. The highest BCUT2D eigenvalue weighted by Crippen LogP contribution is 2.25. The van der Waals surface area contributed by atoms with Crippen LogP contribution in [0.4, 0.5) is 5.13 Å². The van der Waals surface area contributed by atoms with Crippen molar-refractivity contribution in [2.75, 3.05) is 5.73 Å². The number of aromatic amines is 1. The normalized spacial score (nSPS) is 10.5. The highest BCUT2D eigenvalue weighted by atomic mass is 32.2. The van der Waals surface area contributed by atoms with E-state index in [9.17, 15) is 0 Å². The van der Waals surface area contributed by atoms with Crippen molar-refractivity contribution >= 4 is 28.2 Å². The van der Waals surface area contributed by atoms with Gasteiger partial charge in [0, 0.05) is 5.75 Å². The van der Waals surface area contributed by atoms with Crippen LogP contribution in [0.15, 0.2) is 10.5 Å². The number of hydrogen-bond acceptors (Lipinski definition) is 7. The molecule has 2 aromatic heterocycles. The maximum atomic E-state index is 5.42. The van der Waals surface area contributed by atoms with E-state index in [-0.39, 0.29) is 0 Å². The van der Waals surface area contributed by atoms with Gasteiger partial charge in [0.2, 0.25) is 5.13 Å². The molecule has 3 N–H and O–H groups in total. The smallest absolute Gasteiger partial charge is 0.203 e. The van der Waals surface area contributed by atoms with Crippen LogP contribution in [-0.2, 0) is 5.75 Å². The van der Waals surface area contributed by atoms with Gasteiger partial charge >= 0.3 is 0 Å². The molecule has 0 saturated carbocycles. The molecule has 0 atom stereocenters. The lowest BCUT2D eigenvalue weighted by molar-refractivity contribution is 0.925. The van der Waals surface area contributed by atoms with Gasteiger partial charge in [-0.25, -0.2) is 0 Å². The number of aromatic nitrogens is 5. The van der Waals surface area contributed by atoms with Crippen molar-refractivity contribution < 1.29 is 0 Å². The minimum atomic E-state index is 0.489. The third-order valence-corrected chi connectivity index (χ3v) is 3.15. The van der Waals surface area contributed by atoms with Crippen molar-refractivity contribution in [3.63, 3.8) is 0 Å². The zero-order chi connectivity index (χ0) is 9.10. The Morgan fingerprint density at radius 1 is 1.54 bits per heavy atom. The number of nitrogen functional groups attached to an aromatic ring is 1. The first-order valence-electron chi connectivity index (χ1n) is 3.41. The highest BCUT2D eigenvalue weighted by Gasteiger charge is 2.03. The molecule has 0 fully saturated rings. The van der Waals surface area contributed by atoms with Gasteiger partial charge in [0.15, 0.2) is 4.34 Å². The Kier molecular flexibility index (Phi) is 2.41. The Balaban J connectivity index is 1.93. The van der Waals surface area contributed by atoms with Gasteiger partial charge < -0.3 is 5.73 Å². The fourth-order valence-corrected chi connectivity index (χ4v) is 2.23. The molecular formula is C5H6N6S2. The number of thioether (sulfide) groups is 1. The van der Waals surface area contributed by atoms with Gasteiger partial charge in [-0.2, -0.15) is 15.4 Å². The summed E-state index contributed by atoms with van der Waals surface area (Å²) in [6, 6.07) is 0. The van der Waals surface area contributed by atoms with Crippen LogP contribution in [0.5, 0.6) is 0 Å². The summed E-state index contributed by atoms with van der Waals surface area (Å²) < 4.78 is 0.848. The van der Waals surface area contributed by atoms with E-state index in [1.54, 1.807) is 18.0 Å². The second kappa shape index (κ2) is 3.71. The summed E-state index contributed by atoms with van der Waals surface area (Å²) in [7, 11) is 0. The number of H-pyrrole nitrogens is 1. The van der Waals surface area contributed by atoms with Gasteiger partial charge in [0.1, 0.15) is 0 Å². The van der Waals surface area contributed by atoms with Crippen molar-refractivity contribution in [2.24, 2.45) is 0 Å². The van der Waals surface area contributed by atoms with Crippen LogP contribution < -0.4 is 5.73 Å². The molecule has 0 bridgehead atoms. The van der Waals surface area contributed by atoms with Gasteiger partial charge in [-0.05, 0) is 0 Å². The zero-order valence-corrected chi connectivity index (χ0v) is 8.10. The second-order valence-corrected chi connectivity index (χ2v) is 4.39. The van der Waals surface area contributed by atoms with Crippen LogP contribution >= 0.6 is 23.1 Å². The summed E-state index contributed by atoms with van der Waals surface area (Å²) in [4.78, 5) is 0. The van der Waals surface area contributed by atoms with Crippen molar-refractivity contribution in [1.29, 1.82) is 0 Å². The van der Waals surface area contributed by atoms with Crippen molar-refractivity contribution in [1.82, 2.24) is 25.6 Å². The third-order valence-electron chi connectivity index (χ3n) is 1.23.